The Labute approximate surface area is 113 Å². The van der Waals surface area contributed by atoms with Gasteiger partial charge < -0.3 is 24.4 Å². The second-order valence-corrected chi connectivity index (χ2v) is 6.36. The predicted octanol–water partition coefficient (Wildman–Crippen LogP) is -1.54. The zero-order chi connectivity index (χ0) is 14.6. The van der Waals surface area contributed by atoms with Gasteiger partial charge in [0.25, 0.3) is 0 Å². The molecular weight excluding hydrogens is 276 g/mol. The van der Waals surface area contributed by atoms with Crippen molar-refractivity contribution in [2.75, 3.05) is 19.9 Å². The lowest BCUT2D eigenvalue weighted by Crippen LogP contribution is -2.61. The topological polar surface area (TPSA) is 109 Å². The fourth-order valence-corrected chi connectivity index (χ4v) is 2.05. The van der Waals surface area contributed by atoms with Crippen LogP contribution in [0, 0.1) is 0 Å². The van der Waals surface area contributed by atoms with Crippen molar-refractivity contribution in [2.24, 2.45) is 0 Å². The zero-order valence-corrected chi connectivity index (χ0v) is 12.2. The SMILES string of the molecule is BC1OC(COP(C)(=O)O)C(O)N(OCCC)C1O. The highest BCUT2D eigenvalue weighted by Gasteiger charge is 2.42. The highest BCUT2D eigenvalue weighted by molar-refractivity contribution is 7.51. The smallest absolute Gasteiger partial charge is 0.325 e. The average molecular weight is 297 g/mol. The van der Waals surface area contributed by atoms with Crippen LogP contribution < -0.4 is 0 Å². The number of hydroxylamine groups is 2. The lowest BCUT2D eigenvalue weighted by atomic mass is 9.96. The number of ether oxygens (including phenoxy) is 1. The molecule has 5 atom stereocenters. The fourth-order valence-electron chi connectivity index (χ4n) is 1.63. The van der Waals surface area contributed by atoms with E-state index in [9.17, 15) is 14.8 Å². The predicted molar refractivity (Wildman–Crippen MR) is 69.0 cm³/mol. The molecule has 0 aromatic heterocycles. The molecule has 8 nitrogen and oxygen atoms in total. The number of hydrogen-bond donors (Lipinski definition) is 3. The molecule has 1 heterocycles. The molecule has 1 rings (SSSR count). The van der Waals surface area contributed by atoms with Crippen molar-refractivity contribution < 1.29 is 33.8 Å². The lowest BCUT2D eigenvalue weighted by Gasteiger charge is -2.43. The van der Waals surface area contributed by atoms with Gasteiger partial charge in [-0.25, -0.2) is 0 Å². The van der Waals surface area contributed by atoms with E-state index < -0.39 is 32.2 Å². The number of nitrogens with zero attached hydrogens (tertiary/aromatic N) is 1. The molecule has 0 bridgehead atoms. The van der Waals surface area contributed by atoms with Crippen LogP contribution in [0.2, 0.25) is 0 Å². The molecule has 10 heteroatoms. The van der Waals surface area contributed by atoms with Crippen LogP contribution in [-0.2, 0) is 18.7 Å². The second-order valence-electron chi connectivity index (χ2n) is 4.50. The highest BCUT2D eigenvalue weighted by atomic mass is 31.2. The lowest BCUT2D eigenvalue weighted by molar-refractivity contribution is -0.367. The van der Waals surface area contributed by atoms with E-state index in [0.717, 1.165) is 11.7 Å². The summed E-state index contributed by atoms with van der Waals surface area (Å²) < 4.78 is 21.1. The molecule has 1 aliphatic heterocycles. The van der Waals surface area contributed by atoms with E-state index in [1.165, 1.54) is 0 Å². The summed E-state index contributed by atoms with van der Waals surface area (Å²) in [5.74, 6) is 0. The maximum atomic E-state index is 11.1. The number of morpholine rings is 1. The number of hydrogen-bond acceptors (Lipinski definition) is 7. The summed E-state index contributed by atoms with van der Waals surface area (Å²) in [5, 5.41) is 20.9. The molecule has 0 aliphatic carbocycles. The van der Waals surface area contributed by atoms with E-state index in [-0.39, 0.29) is 6.61 Å². The molecule has 0 aromatic carbocycles. The third kappa shape index (κ3) is 5.13. The molecule has 5 unspecified atom stereocenters. The molecule has 0 spiro atoms. The molecule has 0 aromatic rings. The average Bonchev–Trinajstić information content (AvgIpc) is 2.31. The first kappa shape index (κ1) is 17.1. The minimum atomic E-state index is -3.65. The quantitative estimate of drug-likeness (QED) is 0.400. The summed E-state index contributed by atoms with van der Waals surface area (Å²) in [4.78, 5) is 14.3. The molecular formula is C9H21BNO7P. The van der Waals surface area contributed by atoms with Crippen molar-refractivity contribution in [3.05, 3.63) is 0 Å². The van der Waals surface area contributed by atoms with Gasteiger partial charge in [-0.15, -0.1) is 5.06 Å². The fraction of sp³-hybridized carbons (Fsp3) is 1.00. The molecule has 0 saturated carbocycles. The Balaban J connectivity index is 2.64. The summed E-state index contributed by atoms with van der Waals surface area (Å²) in [6.07, 6.45) is -2.55. The maximum absolute atomic E-state index is 11.1. The number of aliphatic hydroxyl groups is 2. The largest absolute Gasteiger partial charge is 0.374 e. The molecule has 1 saturated heterocycles. The van der Waals surface area contributed by atoms with Gasteiger partial charge in [-0.3, -0.25) is 9.40 Å². The van der Waals surface area contributed by atoms with Crippen molar-refractivity contribution >= 4 is 15.4 Å². The summed E-state index contributed by atoms with van der Waals surface area (Å²) in [6, 6.07) is -0.621. The Bertz CT molecular complexity index is 328. The van der Waals surface area contributed by atoms with Gasteiger partial charge in [-0.1, -0.05) is 6.92 Å². The van der Waals surface area contributed by atoms with E-state index >= 15 is 0 Å². The van der Waals surface area contributed by atoms with Gasteiger partial charge in [0.2, 0.25) is 0 Å². The maximum Gasteiger partial charge on any atom is 0.325 e. The third-order valence-electron chi connectivity index (χ3n) is 2.59. The minimum Gasteiger partial charge on any atom is -0.374 e. The third-order valence-corrected chi connectivity index (χ3v) is 3.21. The van der Waals surface area contributed by atoms with Crippen molar-refractivity contribution in [1.29, 1.82) is 0 Å². The summed E-state index contributed by atoms with van der Waals surface area (Å²) in [6.45, 7) is 3.00. The first-order valence-corrected chi connectivity index (χ1v) is 8.16. The monoisotopic (exact) mass is 297 g/mol. The first-order valence-electron chi connectivity index (χ1n) is 6.14. The van der Waals surface area contributed by atoms with Crippen LogP contribution in [0.5, 0.6) is 0 Å². The summed E-state index contributed by atoms with van der Waals surface area (Å²) in [5.41, 5.74) is 0. The van der Waals surface area contributed by atoms with Gasteiger partial charge in [0.1, 0.15) is 14.0 Å². The molecule has 0 amide bonds. The van der Waals surface area contributed by atoms with Crippen LogP contribution in [0.25, 0.3) is 0 Å². The van der Waals surface area contributed by atoms with Crippen molar-refractivity contribution in [1.82, 2.24) is 5.06 Å². The van der Waals surface area contributed by atoms with Crippen LogP contribution in [0.1, 0.15) is 13.3 Å². The Morgan fingerprint density at radius 1 is 1.42 bits per heavy atom. The Morgan fingerprint density at radius 2 is 2.05 bits per heavy atom. The van der Waals surface area contributed by atoms with E-state index in [0.29, 0.717) is 13.0 Å². The van der Waals surface area contributed by atoms with Gasteiger partial charge >= 0.3 is 7.60 Å². The van der Waals surface area contributed by atoms with Crippen LogP contribution in [-0.4, -0.2) is 72.5 Å². The highest BCUT2D eigenvalue weighted by Crippen LogP contribution is 2.37. The van der Waals surface area contributed by atoms with Crippen molar-refractivity contribution in [3.63, 3.8) is 0 Å². The second kappa shape index (κ2) is 7.15. The van der Waals surface area contributed by atoms with Gasteiger partial charge in [0.05, 0.1) is 19.2 Å². The van der Waals surface area contributed by atoms with Gasteiger partial charge in [-0.05, 0) is 6.42 Å². The zero-order valence-electron chi connectivity index (χ0n) is 11.3. The normalized spacial score (nSPS) is 36.1. The molecule has 19 heavy (non-hydrogen) atoms. The van der Waals surface area contributed by atoms with Crippen LogP contribution in [0.4, 0.5) is 0 Å². The standard InChI is InChI=1S/C9H21BNO7P/c1-3-4-16-11-8(12)6(5-17-19(2,14)15)18-7(10)9(11)13/h6-9,12-13H,3-5,10H2,1-2H3,(H,14,15). The number of aliphatic hydroxyl groups excluding tert-OH is 2. The first-order chi connectivity index (χ1) is 8.76. The Hall–Kier alpha value is 0.0149. The van der Waals surface area contributed by atoms with Crippen molar-refractivity contribution in [2.45, 2.75) is 37.9 Å². The Kier molecular flexibility index (Phi) is 6.42. The number of rotatable bonds is 6. The van der Waals surface area contributed by atoms with Crippen LogP contribution in [0.3, 0.4) is 0 Å². The minimum absolute atomic E-state index is 0.269. The van der Waals surface area contributed by atoms with Gasteiger partial charge in [0.15, 0.2) is 12.5 Å². The van der Waals surface area contributed by atoms with Gasteiger partial charge in [0, 0.05) is 6.66 Å². The van der Waals surface area contributed by atoms with E-state index in [4.69, 9.17) is 19.0 Å². The molecule has 1 aliphatic rings. The molecule has 0 radical (unpaired) electrons. The van der Waals surface area contributed by atoms with Gasteiger partial charge in [-0.2, -0.15) is 0 Å². The molecule has 1 fully saturated rings. The van der Waals surface area contributed by atoms with E-state index in [1.807, 2.05) is 6.92 Å². The van der Waals surface area contributed by atoms with Crippen molar-refractivity contribution in [3.8, 4) is 0 Å². The van der Waals surface area contributed by atoms with Crippen LogP contribution in [0.15, 0.2) is 0 Å². The van der Waals surface area contributed by atoms with E-state index in [1.54, 1.807) is 7.85 Å². The molecule has 3 N–H and O–H groups in total. The molecule has 112 valence electrons. The summed E-state index contributed by atoms with van der Waals surface area (Å²) >= 11 is 0. The van der Waals surface area contributed by atoms with Crippen LogP contribution >= 0.6 is 7.60 Å². The summed E-state index contributed by atoms with van der Waals surface area (Å²) in [7, 11) is -2.04. The Morgan fingerprint density at radius 3 is 2.58 bits per heavy atom. The van der Waals surface area contributed by atoms with E-state index in [2.05, 4.69) is 0 Å².